The number of hydrogen-bond donors (Lipinski definition) is 2. The number of H-pyrrole nitrogens is 1. The van der Waals surface area contributed by atoms with E-state index in [4.69, 9.17) is 26.4 Å². The second-order valence-corrected chi connectivity index (χ2v) is 7.43. The summed E-state index contributed by atoms with van der Waals surface area (Å²) in [6.07, 6.45) is 2.18. The van der Waals surface area contributed by atoms with Crippen LogP contribution in [-0.4, -0.2) is 61.1 Å². The molecular weight excluding hydrogens is 390 g/mol. The van der Waals surface area contributed by atoms with Crippen LogP contribution >= 0.6 is 12.2 Å². The molecular formula is C21H29N3O4S. The van der Waals surface area contributed by atoms with Gasteiger partial charge < -0.3 is 29.4 Å². The molecule has 0 bridgehead atoms. The van der Waals surface area contributed by atoms with E-state index in [1.54, 1.807) is 7.11 Å². The average molecular weight is 420 g/mol. The van der Waals surface area contributed by atoms with Crippen LogP contribution in [0.4, 0.5) is 0 Å². The molecule has 2 aromatic rings. The highest BCUT2D eigenvalue weighted by Gasteiger charge is 2.22. The normalized spacial score (nSPS) is 16.1. The highest BCUT2D eigenvalue weighted by atomic mass is 32.1. The van der Waals surface area contributed by atoms with Gasteiger partial charge in [0.15, 0.2) is 5.11 Å². The number of aromatic amines is 1. The lowest BCUT2D eigenvalue weighted by atomic mass is 10.1. The number of nitrogens with zero attached hydrogens (tertiary/aromatic N) is 1. The minimum absolute atomic E-state index is 0.112. The molecule has 2 N–H and O–H groups in total. The van der Waals surface area contributed by atoms with E-state index >= 15 is 0 Å². The van der Waals surface area contributed by atoms with Crippen molar-refractivity contribution in [1.29, 1.82) is 0 Å². The van der Waals surface area contributed by atoms with Crippen molar-refractivity contribution in [2.24, 2.45) is 0 Å². The second kappa shape index (κ2) is 10.6. The Kier molecular flexibility index (Phi) is 7.85. The Morgan fingerprint density at radius 3 is 3.00 bits per heavy atom. The number of aromatic nitrogens is 1. The third-order valence-electron chi connectivity index (χ3n) is 4.88. The summed E-state index contributed by atoms with van der Waals surface area (Å²) in [6.45, 7) is 5.55. The summed E-state index contributed by atoms with van der Waals surface area (Å²) in [7, 11) is 1.65. The maximum atomic E-state index is 12.7. The van der Waals surface area contributed by atoms with Crippen molar-refractivity contribution in [2.75, 3.05) is 40.0 Å². The van der Waals surface area contributed by atoms with E-state index in [-0.39, 0.29) is 11.7 Å². The lowest BCUT2D eigenvalue weighted by Crippen LogP contribution is -2.44. The van der Waals surface area contributed by atoms with E-state index < -0.39 is 0 Å². The highest BCUT2D eigenvalue weighted by Crippen LogP contribution is 2.20. The molecule has 8 heteroatoms. The average Bonchev–Trinajstić information content (AvgIpc) is 3.22. The summed E-state index contributed by atoms with van der Waals surface area (Å²) in [5.74, 6) is 0.783. The van der Waals surface area contributed by atoms with Gasteiger partial charge in [-0.3, -0.25) is 4.79 Å². The fourth-order valence-corrected chi connectivity index (χ4v) is 3.68. The zero-order valence-electron chi connectivity index (χ0n) is 17.0. The van der Waals surface area contributed by atoms with Gasteiger partial charge in [0.25, 0.3) is 5.56 Å². The topological polar surface area (TPSA) is 75.8 Å². The molecule has 1 aliphatic heterocycles. The van der Waals surface area contributed by atoms with E-state index in [2.05, 4.69) is 10.3 Å². The van der Waals surface area contributed by atoms with E-state index in [0.29, 0.717) is 43.5 Å². The molecule has 3 rings (SSSR count). The Morgan fingerprint density at radius 2 is 2.28 bits per heavy atom. The Hall–Kier alpha value is -2.16. The van der Waals surface area contributed by atoms with Gasteiger partial charge in [-0.25, -0.2) is 0 Å². The van der Waals surface area contributed by atoms with Crippen LogP contribution in [-0.2, 0) is 16.0 Å². The molecule has 158 valence electrons. The van der Waals surface area contributed by atoms with E-state index in [1.165, 1.54) is 0 Å². The van der Waals surface area contributed by atoms with E-state index in [1.807, 2.05) is 36.1 Å². The molecule has 1 fully saturated rings. The fourth-order valence-electron chi connectivity index (χ4n) is 3.43. The second-order valence-electron chi connectivity index (χ2n) is 7.05. The van der Waals surface area contributed by atoms with Crippen LogP contribution in [0.1, 0.15) is 25.3 Å². The highest BCUT2D eigenvalue weighted by molar-refractivity contribution is 7.80. The predicted octanol–water partition coefficient (Wildman–Crippen LogP) is 2.43. The van der Waals surface area contributed by atoms with Gasteiger partial charge in [0.1, 0.15) is 5.75 Å². The van der Waals surface area contributed by atoms with Gasteiger partial charge in [0, 0.05) is 43.3 Å². The first-order chi connectivity index (χ1) is 14.1. The number of benzene rings is 1. The van der Waals surface area contributed by atoms with E-state index in [0.717, 1.165) is 36.1 Å². The SMILES string of the molecule is CCOc1ccc2[nH]c(=O)c(CN(CC3CCCO3)C(=S)NCCOC)cc2c1. The molecule has 1 aromatic heterocycles. The van der Waals surface area contributed by atoms with Crippen molar-refractivity contribution in [2.45, 2.75) is 32.4 Å². The Balaban J connectivity index is 1.82. The van der Waals surface area contributed by atoms with Crippen LogP contribution in [0.5, 0.6) is 5.75 Å². The zero-order valence-corrected chi connectivity index (χ0v) is 17.8. The van der Waals surface area contributed by atoms with Crippen LogP contribution in [0.2, 0.25) is 0 Å². The summed E-state index contributed by atoms with van der Waals surface area (Å²) in [6, 6.07) is 7.58. The maximum Gasteiger partial charge on any atom is 0.253 e. The third-order valence-corrected chi connectivity index (χ3v) is 5.28. The standard InChI is InChI=1S/C21H29N3O4S/c1-3-27-17-6-7-19-15(12-17)11-16(20(25)23-19)13-24(14-18-5-4-9-28-18)21(29)22-8-10-26-2/h6-7,11-12,18H,3-5,8-10,13-14H2,1-2H3,(H,22,29)(H,23,25). The van der Waals surface area contributed by atoms with Crippen molar-refractivity contribution in [3.05, 3.63) is 40.2 Å². The van der Waals surface area contributed by atoms with Gasteiger partial charge in [0.05, 0.1) is 25.9 Å². The third kappa shape index (κ3) is 5.91. The smallest absolute Gasteiger partial charge is 0.253 e. The Bertz CT molecular complexity index is 880. The van der Waals surface area contributed by atoms with Crippen LogP contribution < -0.4 is 15.6 Å². The minimum atomic E-state index is -0.112. The number of thiocarbonyl (C=S) groups is 1. The van der Waals surface area contributed by atoms with Gasteiger partial charge in [-0.2, -0.15) is 0 Å². The van der Waals surface area contributed by atoms with Gasteiger partial charge in [-0.1, -0.05) is 0 Å². The number of ether oxygens (including phenoxy) is 3. The van der Waals surface area contributed by atoms with Gasteiger partial charge >= 0.3 is 0 Å². The number of nitrogens with one attached hydrogen (secondary N) is 2. The Labute approximate surface area is 176 Å². The van der Waals surface area contributed by atoms with Crippen LogP contribution in [0, 0.1) is 0 Å². The monoisotopic (exact) mass is 419 g/mol. The Morgan fingerprint density at radius 1 is 1.41 bits per heavy atom. The predicted molar refractivity (Wildman–Crippen MR) is 118 cm³/mol. The summed E-state index contributed by atoms with van der Waals surface area (Å²) in [5.41, 5.74) is 1.33. The van der Waals surface area contributed by atoms with Crippen LogP contribution in [0.3, 0.4) is 0 Å². The van der Waals surface area contributed by atoms with Gasteiger partial charge in [-0.15, -0.1) is 0 Å². The molecule has 29 heavy (non-hydrogen) atoms. The van der Waals surface area contributed by atoms with Crippen LogP contribution in [0.25, 0.3) is 10.9 Å². The molecule has 0 aliphatic carbocycles. The number of fused-ring (bicyclic) bond motifs is 1. The van der Waals surface area contributed by atoms with Gasteiger partial charge in [-0.05, 0) is 56.2 Å². The van der Waals surface area contributed by atoms with Crippen molar-refractivity contribution >= 4 is 28.2 Å². The number of hydrogen-bond acceptors (Lipinski definition) is 5. The molecule has 0 amide bonds. The zero-order chi connectivity index (χ0) is 20.6. The van der Waals surface area contributed by atoms with Crippen LogP contribution in [0.15, 0.2) is 29.1 Å². The van der Waals surface area contributed by atoms with Gasteiger partial charge in [0.2, 0.25) is 0 Å². The lowest BCUT2D eigenvalue weighted by molar-refractivity contribution is 0.0895. The number of rotatable bonds is 9. The van der Waals surface area contributed by atoms with Crippen molar-refractivity contribution < 1.29 is 14.2 Å². The molecule has 1 saturated heterocycles. The molecule has 1 aromatic carbocycles. The molecule has 0 spiro atoms. The lowest BCUT2D eigenvalue weighted by Gasteiger charge is -2.28. The molecule has 0 radical (unpaired) electrons. The first kappa shape index (κ1) is 21.5. The summed E-state index contributed by atoms with van der Waals surface area (Å²) < 4.78 is 16.5. The molecule has 1 atom stereocenters. The maximum absolute atomic E-state index is 12.7. The van der Waals surface area contributed by atoms with Crippen molar-refractivity contribution in [3.8, 4) is 5.75 Å². The summed E-state index contributed by atoms with van der Waals surface area (Å²) in [5, 5.41) is 4.73. The minimum Gasteiger partial charge on any atom is -0.494 e. The molecule has 0 saturated carbocycles. The summed E-state index contributed by atoms with van der Waals surface area (Å²) in [4.78, 5) is 17.6. The first-order valence-electron chi connectivity index (χ1n) is 10.0. The molecule has 1 unspecified atom stereocenters. The number of pyridine rings is 1. The number of methoxy groups -OCH3 is 1. The fraction of sp³-hybridized carbons (Fsp3) is 0.524. The largest absolute Gasteiger partial charge is 0.494 e. The van der Waals surface area contributed by atoms with Crippen molar-refractivity contribution in [3.63, 3.8) is 0 Å². The first-order valence-corrected chi connectivity index (χ1v) is 10.4. The molecule has 1 aliphatic rings. The van der Waals surface area contributed by atoms with E-state index in [9.17, 15) is 4.79 Å². The summed E-state index contributed by atoms with van der Waals surface area (Å²) >= 11 is 5.59. The molecule has 2 heterocycles. The van der Waals surface area contributed by atoms with Crippen molar-refractivity contribution in [1.82, 2.24) is 15.2 Å². The quantitative estimate of drug-likeness (QED) is 0.478. The molecule has 7 nitrogen and oxygen atoms in total.